The average Bonchev–Trinajstić information content (AvgIpc) is 3.16. The number of carbonyl (C=O) groups is 3. The summed E-state index contributed by atoms with van der Waals surface area (Å²) < 4.78 is 11.9. The standard InChI is InChI=1S/C27H32N2O6/c30-16-7-2-1-6-15-29-23-25(32)28(18-19-10-4-3-5-11-19)14-9-13-27(23)22(24(29)31)21-20(35-27)12-8-17-34-26(21)33/h3-5,8-13,20-23,30H,1-2,6-7,14-18H2/t20-,21+,22+,23?,27+/m1/s1. The Labute approximate surface area is 205 Å². The van der Waals surface area contributed by atoms with Crippen molar-refractivity contribution in [1.29, 1.82) is 0 Å². The number of benzene rings is 1. The molecule has 8 heteroatoms. The second-order valence-electron chi connectivity index (χ2n) is 9.68. The van der Waals surface area contributed by atoms with Gasteiger partial charge in [-0.3, -0.25) is 14.4 Å². The van der Waals surface area contributed by atoms with E-state index in [2.05, 4.69) is 0 Å². The number of hydrogen-bond acceptors (Lipinski definition) is 6. The normalized spacial score (nSPS) is 31.6. The van der Waals surface area contributed by atoms with Gasteiger partial charge in [-0.25, -0.2) is 0 Å². The number of nitrogens with zero attached hydrogens (tertiary/aromatic N) is 2. The van der Waals surface area contributed by atoms with Crippen molar-refractivity contribution < 1.29 is 29.0 Å². The SMILES string of the molecule is O=C1OCC=C[C@H]2O[C@]34C=CCN(Cc5ccccc5)C(=O)C3N(CCCCCCO)C(=O)[C@@H]4[C@@H]12. The fraction of sp³-hybridized carbons (Fsp3) is 0.519. The van der Waals surface area contributed by atoms with E-state index in [1.807, 2.05) is 42.5 Å². The first-order valence-corrected chi connectivity index (χ1v) is 12.5. The van der Waals surface area contributed by atoms with Crippen molar-refractivity contribution in [2.75, 3.05) is 26.3 Å². The van der Waals surface area contributed by atoms with Gasteiger partial charge in [-0.2, -0.15) is 0 Å². The predicted molar refractivity (Wildman–Crippen MR) is 127 cm³/mol. The maximum atomic E-state index is 14.1. The van der Waals surface area contributed by atoms with Crippen molar-refractivity contribution in [3.05, 3.63) is 60.2 Å². The van der Waals surface area contributed by atoms with E-state index in [1.54, 1.807) is 22.0 Å². The van der Waals surface area contributed by atoms with Gasteiger partial charge >= 0.3 is 5.97 Å². The Bertz CT molecular complexity index is 1020. The van der Waals surface area contributed by atoms with Gasteiger partial charge in [0.25, 0.3) is 0 Å². The lowest BCUT2D eigenvalue weighted by atomic mass is 9.78. The molecule has 4 heterocycles. The van der Waals surface area contributed by atoms with E-state index in [4.69, 9.17) is 14.6 Å². The number of carbonyl (C=O) groups excluding carboxylic acids is 3. The van der Waals surface area contributed by atoms with E-state index in [9.17, 15) is 14.4 Å². The fourth-order valence-electron chi connectivity index (χ4n) is 5.95. The van der Waals surface area contributed by atoms with Crippen molar-refractivity contribution in [3.8, 4) is 0 Å². The van der Waals surface area contributed by atoms with Crippen molar-refractivity contribution in [1.82, 2.24) is 9.80 Å². The van der Waals surface area contributed by atoms with Crippen LogP contribution in [0.15, 0.2) is 54.6 Å². The Balaban J connectivity index is 1.48. The zero-order chi connectivity index (χ0) is 24.4. The number of fused-ring (bicyclic) bond motifs is 2. The quantitative estimate of drug-likeness (QED) is 0.347. The number of ether oxygens (including phenoxy) is 2. The van der Waals surface area contributed by atoms with Gasteiger partial charge in [-0.1, -0.05) is 61.4 Å². The predicted octanol–water partition coefficient (Wildman–Crippen LogP) is 1.83. The van der Waals surface area contributed by atoms with Crippen LogP contribution in [0.5, 0.6) is 0 Å². The first-order chi connectivity index (χ1) is 17.1. The molecule has 0 saturated carbocycles. The van der Waals surface area contributed by atoms with Gasteiger partial charge in [0, 0.05) is 26.2 Å². The Hall–Kier alpha value is -2.97. The number of aliphatic hydroxyl groups excluding tert-OH is 1. The maximum Gasteiger partial charge on any atom is 0.313 e. The first-order valence-electron chi connectivity index (χ1n) is 12.5. The Morgan fingerprint density at radius 1 is 1.00 bits per heavy atom. The molecular formula is C27H32N2O6. The molecule has 0 aromatic heterocycles. The Morgan fingerprint density at radius 2 is 1.80 bits per heavy atom. The number of likely N-dealkylation sites (tertiary alicyclic amines) is 1. The average molecular weight is 481 g/mol. The molecule has 1 aromatic rings. The van der Waals surface area contributed by atoms with Crippen LogP contribution in [0.3, 0.4) is 0 Å². The zero-order valence-electron chi connectivity index (χ0n) is 19.8. The van der Waals surface area contributed by atoms with Gasteiger partial charge < -0.3 is 24.4 Å². The van der Waals surface area contributed by atoms with Crippen molar-refractivity contribution in [2.24, 2.45) is 11.8 Å². The smallest absolute Gasteiger partial charge is 0.313 e. The molecule has 2 fully saturated rings. The minimum atomic E-state index is -1.21. The summed E-state index contributed by atoms with van der Waals surface area (Å²) >= 11 is 0. The molecule has 5 rings (SSSR count). The van der Waals surface area contributed by atoms with Crippen LogP contribution in [0, 0.1) is 11.8 Å². The fourth-order valence-corrected chi connectivity index (χ4v) is 5.95. The Morgan fingerprint density at radius 3 is 2.60 bits per heavy atom. The summed E-state index contributed by atoms with van der Waals surface area (Å²) in [5, 5.41) is 9.07. The molecule has 1 aromatic carbocycles. The van der Waals surface area contributed by atoms with E-state index in [0.29, 0.717) is 32.5 Å². The van der Waals surface area contributed by atoms with Gasteiger partial charge in [0.05, 0.1) is 12.0 Å². The molecule has 4 aliphatic rings. The second kappa shape index (κ2) is 9.95. The Kier molecular flexibility index (Phi) is 6.75. The molecule has 0 radical (unpaired) electrons. The second-order valence-corrected chi connectivity index (χ2v) is 9.68. The van der Waals surface area contributed by atoms with Gasteiger partial charge in [0.15, 0.2) is 0 Å². The van der Waals surface area contributed by atoms with Crippen LogP contribution in [0.4, 0.5) is 0 Å². The number of rotatable bonds is 8. The summed E-state index contributed by atoms with van der Waals surface area (Å²) in [4.78, 5) is 44.2. The maximum absolute atomic E-state index is 14.1. The van der Waals surface area contributed by atoms with E-state index >= 15 is 0 Å². The zero-order valence-corrected chi connectivity index (χ0v) is 19.8. The van der Waals surface area contributed by atoms with Gasteiger partial charge in [-0.15, -0.1) is 0 Å². The molecule has 35 heavy (non-hydrogen) atoms. The van der Waals surface area contributed by atoms with Crippen LogP contribution in [-0.2, 0) is 30.4 Å². The summed E-state index contributed by atoms with van der Waals surface area (Å²) in [6.45, 7) is 1.52. The molecule has 0 bridgehead atoms. The molecule has 0 aliphatic carbocycles. The third-order valence-corrected chi connectivity index (χ3v) is 7.52. The monoisotopic (exact) mass is 480 g/mol. The largest absolute Gasteiger partial charge is 0.461 e. The molecule has 186 valence electrons. The van der Waals surface area contributed by atoms with Crippen molar-refractivity contribution in [2.45, 2.75) is 50.0 Å². The van der Waals surface area contributed by atoms with Gasteiger partial charge in [0.2, 0.25) is 11.8 Å². The topological polar surface area (TPSA) is 96.4 Å². The van der Waals surface area contributed by atoms with E-state index in [-0.39, 0.29) is 25.0 Å². The van der Waals surface area contributed by atoms with Crippen LogP contribution in [-0.4, -0.2) is 76.7 Å². The molecule has 1 unspecified atom stereocenters. The van der Waals surface area contributed by atoms with Crippen LogP contribution < -0.4 is 0 Å². The number of amides is 2. The van der Waals surface area contributed by atoms with Crippen molar-refractivity contribution in [3.63, 3.8) is 0 Å². The highest BCUT2D eigenvalue weighted by molar-refractivity contribution is 5.99. The first kappa shape index (κ1) is 23.8. The summed E-state index contributed by atoms with van der Waals surface area (Å²) in [5.74, 6) is -2.43. The third-order valence-electron chi connectivity index (χ3n) is 7.52. The molecule has 5 atom stereocenters. The number of hydrogen-bond donors (Lipinski definition) is 1. The lowest BCUT2D eigenvalue weighted by Crippen LogP contribution is -2.55. The van der Waals surface area contributed by atoms with Crippen LogP contribution in [0.2, 0.25) is 0 Å². The summed E-state index contributed by atoms with van der Waals surface area (Å²) in [7, 11) is 0. The number of cyclic esters (lactones) is 1. The van der Waals surface area contributed by atoms with Crippen LogP contribution in [0.1, 0.15) is 31.2 Å². The molecular weight excluding hydrogens is 448 g/mol. The van der Waals surface area contributed by atoms with E-state index in [0.717, 1.165) is 18.4 Å². The van der Waals surface area contributed by atoms with Crippen LogP contribution in [0.25, 0.3) is 0 Å². The van der Waals surface area contributed by atoms with E-state index < -0.39 is 35.6 Å². The third kappa shape index (κ3) is 4.19. The van der Waals surface area contributed by atoms with Gasteiger partial charge in [-0.05, 0) is 24.5 Å². The summed E-state index contributed by atoms with van der Waals surface area (Å²) in [5.41, 5.74) is -0.202. The van der Waals surface area contributed by atoms with Gasteiger partial charge in [0.1, 0.15) is 24.2 Å². The molecule has 8 nitrogen and oxygen atoms in total. The summed E-state index contributed by atoms with van der Waals surface area (Å²) in [6, 6.07) is 8.93. The van der Waals surface area contributed by atoms with Crippen molar-refractivity contribution >= 4 is 17.8 Å². The molecule has 2 saturated heterocycles. The highest BCUT2D eigenvalue weighted by atomic mass is 16.6. The molecule has 4 aliphatic heterocycles. The van der Waals surface area contributed by atoms with E-state index in [1.165, 1.54) is 0 Å². The van der Waals surface area contributed by atoms with Crippen LogP contribution >= 0.6 is 0 Å². The highest BCUT2D eigenvalue weighted by Crippen LogP contribution is 2.53. The molecule has 1 spiro atoms. The minimum absolute atomic E-state index is 0.140. The number of unbranched alkanes of at least 4 members (excludes halogenated alkanes) is 3. The summed E-state index contributed by atoms with van der Waals surface area (Å²) in [6.07, 6.45) is 9.78. The minimum Gasteiger partial charge on any atom is -0.461 e. The number of esters is 1. The lowest BCUT2D eigenvalue weighted by molar-refractivity contribution is -0.153. The number of aliphatic hydroxyl groups is 1. The lowest BCUT2D eigenvalue weighted by Gasteiger charge is -2.35. The highest BCUT2D eigenvalue weighted by Gasteiger charge is 2.71. The molecule has 2 amide bonds. The molecule has 1 N–H and O–H groups in total.